The number of unbranched alkanes of at least 4 members (excludes halogenated alkanes) is 1. The normalized spacial score (nSPS) is 16.0. The summed E-state index contributed by atoms with van der Waals surface area (Å²) in [6.07, 6.45) is 2.66. The lowest BCUT2D eigenvalue weighted by Gasteiger charge is -2.39. The van der Waals surface area contributed by atoms with Crippen LogP contribution in [0.4, 0.5) is 28.4 Å². The van der Waals surface area contributed by atoms with Gasteiger partial charge in [-0.25, -0.2) is 0 Å². The Labute approximate surface area is 242 Å². The number of azo groups is 1. The van der Waals surface area contributed by atoms with Crippen molar-refractivity contribution in [1.29, 1.82) is 0 Å². The van der Waals surface area contributed by atoms with Crippen LogP contribution >= 0.6 is 0 Å². The topological polar surface area (TPSA) is 118 Å². The van der Waals surface area contributed by atoms with Crippen molar-refractivity contribution in [2.45, 2.75) is 45.2 Å². The summed E-state index contributed by atoms with van der Waals surface area (Å²) in [6, 6.07) is 24.7. The Kier molecular flexibility index (Phi) is 7.16. The highest BCUT2D eigenvalue weighted by atomic mass is 16.6. The third-order valence-corrected chi connectivity index (χ3v) is 7.72. The Bertz CT molecular complexity index is 1870. The predicted molar refractivity (Wildman–Crippen MR) is 167 cm³/mol. The van der Waals surface area contributed by atoms with Crippen molar-refractivity contribution in [2.75, 3.05) is 17.2 Å². The van der Waals surface area contributed by atoms with Gasteiger partial charge in [-0.1, -0.05) is 49.7 Å². The van der Waals surface area contributed by atoms with Crippen LogP contribution < -0.4 is 10.6 Å². The summed E-state index contributed by atoms with van der Waals surface area (Å²) in [4.78, 5) is 23.8. The number of hydrogen-bond donors (Lipinski definition) is 2. The molecule has 0 saturated carbocycles. The van der Waals surface area contributed by atoms with Crippen LogP contribution in [0.2, 0.25) is 0 Å². The zero-order valence-electron chi connectivity index (χ0n) is 23.5. The number of hydrogen-bond acceptors (Lipinski definition) is 8. The first-order chi connectivity index (χ1) is 20.3. The van der Waals surface area contributed by atoms with E-state index in [4.69, 9.17) is 4.74 Å². The number of nitro groups is 1. The molecule has 42 heavy (non-hydrogen) atoms. The smallest absolute Gasteiger partial charge is 0.305 e. The third-order valence-electron chi connectivity index (χ3n) is 7.72. The Morgan fingerprint density at radius 2 is 1.67 bits per heavy atom. The quantitative estimate of drug-likeness (QED) is 0.0462. The summed E-state index contributed by atoms with van der Waals surface area (Å²) < 4.78 is 5.34. The average molecular weight is 562 g/mol. The lowest BCUT2D eigenvalue weighted by molar-refractivity contribution is -0.384. The lowest BCUT2D eigenvalue weighted by atomic mass is 9.96. The van der Waals surface area contributed by atoms with Gasteiger partial charge in [-0.2, -0.15) is 0 Å². The molecule has 0 aromatic heterocycles. The van der Waals surface area contributed by atoms with Crippen molar-refractivity contribution in [3.8, 4) is 0 Å². The van der Waals surface area contributed by atoms with Gasteiger partial charge in [0.15, 0.2) is 5.69 Å². The van der Waals surface area contributed by atoms with E-state index in [2.05, 4.69) is 27.8 Å². The lowest BCUT2D eigenvalue weighted by Crippen LogP contribution is -2.45. The molecule has 0 fully saturated rings. The number of anilines is 2. The van der Waals surface area contributed by atoms with Crippen LogP contribution in [-0.2, 0) is 9.53 Å². The van der Waals surface area contributed by atoms with E-state index in [1.165, 1.54) is 6.07 Å². The monoisotopic (exact) mass is 561 g/mol. The Hall–Kier alpha value is -5.05. The molecule has 0 spiro atoms. The number of carbonyl (C=O) groups excluding carboxylic acids is 1. The molecule has 0 bridgehead atoms. The van der Waals surface area contributed by atoms with Gasteiger partial charge in [0, 0.05) is 40.0 Å². The van der Waals surface area contributed by atoms with E-state index >= 15 is 0 Å². The molecule has 0 amide bonds. The first-order valence-electron chi connectivity index (χ1n) is 14.1. The molecule has 6 rings (SSSR count). The molecule has 1 unspecified atom stereocenters. The maximum Gasteiger partial charge on any atom is 0.305 e. The number of carbonyl (C=O) groups is 1. The molecule has 9 heteroatoms. The maximum atomic E-state index is 12.2. The number of nitrogens with one attached hydrogen (secondary N) is 2. The SMILES string of the molecule is CCCCOC(=O)CCC1(C)Nc2cccc3c(N=Nc4c([N+](=O)[O-])ccc5cc6ccccc6cc45)ccc(c23)N1. The van der Waals surface area contributed by atoms with Crippen molar-refractivity contribution < 1.29 is 14.5 Å². The van der Waals surface area contributed by atoms with E-state index in [0.717, 1.165) is 51.1 Å². The molecule has 9 nitrogen and oxygen atoms in total. The number of nitro benzene ring substituents is 1. The summed E-state index contributed by atoms with van der Waals surface area (Å²) >= 11 is 0. The van der Waals surface area contributed by atoms with Gasteiger partial charge in [0.05, 0.1) is 17.2 Å². The first-order valence-corrected chi connectivity index (χ1v) is 14.1. The molecule has 2 N–H and O–H groups in total. The van der Waals surface area contributed by atoms with Crippen LogP contribution in [0.3, 0.4) is 0 Å². The number of fused-ring (bicyclic) bond motifs is 2. The summed E-state index contributed by atoms with van der Waals surface area (Å²) in [5.41, 5.74) is 1.97. The minimum absolute atomic E-state index is 0.100. The molecule has 1 aliphatic rings. The highest BCUT2D eigenvalue weighted by molar-refractivity contribution is 6.10. The molecule has 0 radical (unpaired) electrons. The molecule has 0 saturated heterocycles. The molecule has 212 valence electrons. The van der Waals surface area contributed by atoms with Crippen LogP contribution in [0.15, 0.2) is 89.1 Å². The van der Waals surface area contributed by atoms with Gasteiger partial charge < -0.3 is 15.4 Å². The van der Waals surface area contributed by atoms with Gasteiger partial charge in [0.25, 0.3) is 5.69 Å². The van der Waals surface area contributed by atoms with Crippen molar-refractivity contribution in [2.24, 2.45) is 10.2 Å². The molecule has 0 aliphatic carbocycles. The standard InChI is InChI=1S/C33H31N5O4/c1-3-4-18-42-30(39)16-17-33(2)34-27-11-7-10-24-26(13-14-28(35-33)31(24)27)36-37-32-25-20-22-9-6-5-8-21(22)19-23(25)12-15-29(32)38(40)41/h5-15,19-20,34-35H,3-4,16-18H2,1-2H3. The van der Waals surface area contributed by atoms with E-state index in [0.29, 0.717) is 24.1 Å². The summed E-state index contributed by atoms with van der Waals surface area (Å²) in [5.74, 6) is -0.205. The Morgan fingerprint density at radius 1 is 0.905 bits per heavy atom. The summed E-state index contributed by atoms with van der Waals surface area (Å²) in [7, 11) is 0. The second-order valence-electron chi connectivity index (χ2n) is 10.8. The molecule has 1 heterocycles. The second kappa shape index (κ2) is 11.1. The average Bonchev–Trinajstić information content (AvgIpc) is 2.98. The minimum atomic E-state index is -0.555. The van der Waals surface area contributed by atoms with Gasteiger partial charge in [-0.15, -0.1) is 10.2 Å². The van der Waals surface area contributed by atoms with Gasteiger partial charge in [-0.05, 0) is 72.3 Å². The number of esters is 1. The minimum Gasteiger partial charge on any atom is -0.466 e. The second-order valence-corrected chi connectivity index (χ2v) is 10.8. The zero-order valence-corrected chi connectivity index (χ0v) is 23.5. The molecule has 1 atom stereocenters. The highest BCUT2D eigenvalue weighted by Crippen LogP contribution is 2.44. The number of rotatable bonds is 9. The molecular weight excluding hydrogens is 530 g/mol. The van der Waals surface area contributed by atoms with Gasteiger partial charge >= 0.3 is 5.97 Å². The van der Waals surface area contributed by atoms with Crippen LogP contribution in [0.25, 0.3) is 32.3 Å². The van der Waals surface area contributed by atoms with Crippen molar-refractivity contribution in [1.82, 2.24) is 0 Å². The van der Waals surface area contributed by atoms with E-state index in [1.807, 2.05) is 73.7 Å². The predicted octanol–water partition coefficient (Wildman–Crippen LogP) is 9.15. The first kappa shape index (κ1) is 27.1. The van der Waals surface area contributed by atoms with E-state index < -0.39 is 10.6 Å². The van der Waals surface area contributed by atoms with Crippen LogP contribution in [0.5, 0.6) is 0 Å². The highest BCUT2D eigenvalue weighted by Gasteiger charge is 2.31. The Morgan fingerprint density at radius 3 is 2.43 bits per heavy atom. The van der Waals surface area contributed by atoms with Gasteiger partial charge in [-0.3, -0.25) is 14.9 Å². The van der Waals surface area contributed by atoms with E-state index in [-0.39, 0.29) is 23.8 Å². The molecule has 5 aromatic carbocycles. The molecule has 1 aliphatic heterocycles. The number of benzene rings is 5. The zero-order chi connectivity index (χ0) is 29.3. The fraction of sp³-hybridized carbons (Fsp3) is 0.242. The van der Waals surface area contributed by atoms with Crippen molar-refractivity contribution in [3.05, 3.63) is 89.0 Å². The van der Waals surface area contributed by atoms with E-state index in [1.54, 1.807) is 6.07 Å². The summed E-state index contributed by atoms with van der Waals surface area (Å²) in [5, 5.41) is 33.4. The number of nitrogens with zero attached hydrogens (tertiary/aromatic N) is 3. The maximum absolute atomic E-state index is 12.2. The Balaban J connectivity index is 1.34. The van der Waals surface area contributed by atoms with E-state index in [9.17, 15) is 14.9 Å². The fourth-order valence-electron chi connectivity index (χ4n) is 5.53. The van der Waals surface area contributed by atoms with Crippen molar-refractivity contribution in [3.63, 3.8) is 0 Å². The van der Waals surface area contributed by atoms with Crippen LogP contribution in [0, 0.1) is 10.1 Å². The van der Waals surface area contributed by atoms with Crippen LogP contribution in [-0.4, -0.2) is 23.2 Å². The largest absolute Gasteiger partial charge is 0.466 e. The number of ether oxygens (including phenoxy) is 1. The summed E-state index contributed by atoms with van der Waals surface area (Å²) in [6.45, 7) is 4.53. The fourth-order valence-corrected chi connectivity index (χ4v) is 5.53. The van der Waals surface area contributed by atoms with Gasteiger partial charge in [0.2, 0.25) is 0 Å². The third kappa shape index (κ3) is 5.21. The van der Waals surface area contributed by atoms with Crippen LogP contribution in [0.1, 0.15) is 39.5 Å². The van der Waals surface area contributed by atoms with Gasteiger partial charge in [0.1, 0.15) is 5.66 Å². The van der Waals surface area contributed by atoms with Crippen molar-refractivity contribution >= 4 is 66.7 Å². The molecular formula is C33H31N5O4. The molecule has 5 aromatic rings.